The third kappa shape index (κ3) is 3.07. The van der Waals surface area contributed by atoms with Crippen molar-refractivity contribution in [1.82, 2.24) is 0 Å². The van der Waals surface area contributed by atoms with Crippen LogP contribution in [0.2, 0.25) is 0 Å². The Kier molecular flexibility index (Phi) is 4.66. The summed E-state index contributed by atoms with van der Waals surface area (Å²) in [5.74, 6) is 1.12. The van der Waals surface area contributed by atoms with Crippen LogP contribution in [0.25, 0.3) is 0 Å². The molecule has 0 N–H and O–H groups in total. The molecule has 0 saturated carbocycles. The van der Waals surface area contributed by atoms with Crippen LogP contribution in [0.1, 0.15) is 6.92 Å². The monoisotopic (exact) mass is 402 g/mol. The molecule has 2 amide bonds. The standard InChI is InChI=1S/C20H22N2O5S/c1-3-27-15-10-8-14(9-11-15)21-17-12-28(24,25)13-18(17)22(20(21)23)16-6-4-5-7-19(16)26-2/h4-11,17-18H,3,12-13H2,1-2H3/t17-,18+/m1/s1. The first kappa shape index (κ1) is 18.6. The van der Waals surface area contributed by atoms with Crippen LogP contribution in [0, 0.1) is 0 Å². The number of benzene rings is 2. The number of carbonyl (C=O) groups excluding carboxylic acids is 1. The van der Waals surface area contributed by atoms with Gasteiger partial charge in [0, 0.05) is 5.69 Å². The summed E-state index contributed by atoms with van der Waals surface area (Å²) < 4.78 is 35.6. The van der Waals surface area contributed by atoms with Gasteiger partial charge in [-0.05, 0) is 43.3 Å². The third-order valence-electron chi connectivity index (χ3n) is 5.14. The van der Waals surface area contributed by atoms with Crippen molar-refractivity contribution in [3.63, 3.8) is 0 Å². The Balaban J connectivity index is 1.76. The second kappa shape index (κ2) is 7.01. The number of hydrogen-bond donors (Lipinski definition) is 0. The zero-order valence-corrected chi connectivity index (χ0v) is 16.6. The Hall–Kier alpha value is -2.74. The molecule has 4 rings (SSSR count). The second-order valence-electron chi connectivity index (χ2n) is 6.83. The first-order valence-electron chi connectivity index (χ1n) is 9.14. The molecule has 2 saturated heterocycles. The van der Waals surface area contributed by atoms with E-state index >= 15 is 0 Å². The predicted octanol–water partition coefficient (Wildman–Crippen LogP) is 2.71. The first-order valence-corrected chi connectivity index (χ1v) is 11.0. The number of rotatable bonds is 5. The van der Waals surface area contributed by atoms with Crippen molar-refractivity contribution < 1.29 is 22.7 Å². The van der Waals surface area contributed by atoms with Crippen molar-refractivity contribution in [3.8, 4) is 11.5 Å². The maximum Gasteiger partial charge on any atom is 0.329 e. The van der Waals surface area contributed by atoms with Crippen molar-refractivity contribution >= 4 is 27.2 Å². The number of hydrogen-bond acceptors (Lipinski definition) is 5. The molecule has 2 fully saturated rings. The molecular formula is C20H22N2O5S. The summed E-state index contributed by atoms with van der Waals surface area (Å²) in [6.07, 6.45) is 0. The molecule has 2 aromatic rings. The SMILES string of the molecule is CCOc1ccc(N2C(=O)N(c3ccccc3OC)[C@H]3CS(=O)(=O)C[C@H]32)cc1. The van der Waals surface area contributed by atoms with Gasteiger partial charge in [0.25, 0.3) is 0 Å². The number of ether oxygens (including phenoxy) is 2. The van der Waals surface area contributed by atoms with Crippen LogP contribution in [0.3, 0.4) is 0 Å². The van der Waals surface area contributed by atoms with Gasteiger partial charge < -0.3 is 9.47 Å². The summed E-state index contributed by atoms with van der Waals surface area (Å²) in [7, 11) is -1.71. The Morgan fingerprint density at radius 3 is 2.29 bits per heavy atom. The fourth-order valence-electron chi connectivity index (χ4n) is 3.99. The van der Waals surface area contributed by atoms with Crippen molar-refractivity contribution in [2.75, 3.05) is 35.0 Å². The van der Waals surface area contributed by atoms with Gasteiger partial charge in [-0.25, -0.2) is 13.2 Å². The third-order valence-corrected chi connectivity index (χ3v) is 6.84. The summed E-state index contributed by atoms with van der Waals surface area (Å²) in [5.41, 5.74) is 1.23. The molecule has 2 aliphatic heterocycles. The van der Waals surface area contributed by atoms with Gasteiger partial charge in [-0.3, -0.25) is 9.80 Å². The lowest BCUT2D eigenvalue weighted by Gasteiger charge is -2.24. The lowest BCUT2D eigenvalue weighted by Crippen LogP contribution is -2.38. The second-order valence-corrected chi connectivity index (χ2v) is 8.99. The minimum Gasteiger partial charge on any atom is -0.495 e. The van der Waals surface area contributed by atoms with Gasteiger partial charge in [0.2, 0.25) is 0 Å². The highest BCUT2D eigenvalue weighted by molar-refractivity contribution is 7.91. The van der Waals surface area contributed by atoms with Crippen molar-refractivity contribution in [1.29, 1.82) is 0 Å². The maximum absolute atomic E-state index is 13.4. The zero-order chi connectivity index (χ0) is 19.9. The van der Waals surface area contributed by atoms with Crippen LogP contribution >= 0.6 is 0 Å². The van der Waals surface area contributed by atoms with E-state index < -0.39 is 21.9 Å². The van der Waals surface area contributed by atoms with E-state index in [1.807, 2.05) is 19.1 Å². The molecule has 0 aliphatic carbocycles. The summed E-state index contributed by atoms with van der Waals surface area (Å²) in [4.78, 5) is 16.5. The Morgan fingerprint density at radius 1 is 1.00 bits per heavy atom. The lowest BCUT2D eigenvalue weighted by atomic mass is 10.1. The maximum atomic E-state index is 13.4. The van der Waals surface area contributed by atoms with Gasteiger partial charge in [-0.1, -0.05) is 12.1 Å². The van der Waals surface area contributed by atoms with Gasteiger partial charge in [0.1, 0.15) is 11.5 Å². The van der Waals surface area contributed by atoms with Gasteiger partial charge >= 0.3 is 6.03 Å². The minimum atomic E-state index is -3.25. The highest BCUT2D eigenvalue weighted by Crippen LogP contribution is 2.41. The lowest BCUT2D eigenvalue weighted by molar-refractivity contribution is 0.255. The van der Waals surface area contributed by atoms with Gasteiger partial charge in [0.15, 0.2) is 9.84 Å². The first-order chi connectivity index (χ1) is 13.4. The smallest absolute Gasteiger partial charge is 0.329 e. The van der Waals surface area contributed by atoms with Crippen LogP contribution in [0.15, 0.2) is 48.5 Å². The van der Waals surface area contributed by atoms with Gasteiger partial charge in [0.05, 0.1) is 43.0 Å². The minimum absolute atomic E-state index is 0.0533. The quantitative estimate of drug-likeness (QED) is 0.719. The largest absolute Gasteiger partial charge is 0.495 e. The van der Waals surface area contributed by atoms with Crippen LogP contribution in [-0.4, -0.2) is 51.8 Å². The Morgan fingerprint density at radius 2 is 1.64 bits per heavy atom. The van der Waals surface area contributed by atoms with E-state index in [4.69, 9.17) is 9.47 Å². The molecule has 0 radical (unpaired) electrons. The fraction of sp³-hybridized carbons (Fsp3) is 0.350. The molecule has 2 atom stereocenters. The number of nitrogens with zero attached hydrogens (tertiary/aromatic N) is 2. The highest BCUT2D eigenvalue weighted by atomic mass is 32.2. The van der Waals surface area contributed by atoms with Gasteiger partial charge in [-0.15, -0.1) is 0 Å². The summed E-state index contributed by atoms with van der Waals surface area (Å²) in [6, 6.07) is 13.2. The Labute approximate surface area is 164 Å². The molecule has 8 heteroatoms. The van der Waals surface area contributed by atoms with E-state index in [-0.39, 0.29) is 17.5 Å². The Bertz CT molecular complexity index is 990. The van der Waals surface area contributed by atoms with E-state index in [1.54, 1.807) is 46.2 Å². The molecule has 0 unspecified atom stereocenters. The molecule has 0 spiro atoms. The number of methoxy groups -OCH3 is 1. The average Bonchev–Trinajstić information content (AvgIpc) is 3.11. The number of carbonyl (C=O) groups is 1. The molecule has 7 nitrogen and oxygen atoms in total. The van der Waals surface area contributed by atoms with Gasteiger partial charge in [-0.2, -0.15) is 0 Å². The number of anilines is 2. The van der Waals surface area contributed by atoms with Crippen molar-refractivity contribution in [2.24, 2.45) is 0 Å². The van der Waals surface area contributed by atoms with Crippen molar-refractivity contribution in [2.45, 2.75) is 19.0 Å². The van der Waals surface area contributed by atoms with Crippen LogP contribution in [0.5, 0.6) is 11.5 Å². The number of fused-ring (bicyclic) bond motifs is 1. The molecule has 2 aliphatic rings. The van der Waals surface area contributed by atoms with E-state index in [0.29, 0.717) is 29.5 Å². The molecule has 148 valence electrons. The van der Waals surface area contributed by atoms with E-state index in [2.05, 4.69) is 0 Å². The number of urea groups is 1. The molecule has 28 heavy (non-hydrogen) atoms. The van der Waals surface area contributed by atoms with Crippen LogP contribution in [0.4, 0.5) is 16.2 Å². The van der Waals surface area contributed by atoms with E-state index in [9.17, 15) is 13.2 Å². The molecular weight excluding hydrogens is 380 g/mol. The average molecular weight is 402 g/mol. The highest BCUT2D eigenvalue weighted by Gasteiger charge is 2.54. The molecule has 0 aromatic heterocycles. The molecule has 2 aromatic carbocycles. The predicted molar refractivity (Wildman–Crippen MR) is 107 cm³/mol. The van der Waals surface area contributed by atoms with Crippen LogP contribution < -0.4 is 19.3 Å². The van der Waals surface area contributed by atoms with Crippen molar-refractivity contribution in [3.05, 3.63) is 48.5 Å². The summed E-state index contributed by atoms with van der Waals surface area (Å²) in [6.45, 7) is 2.45. The van der Waals surface area contributed by atoms with E-state index in [1.165, 1.54) is 7.11 Å². The number of amides is 2. The normalized spacial score (nSPS) is 23.0. The summed E-state index contributed by atoms with van der Waals surface area (Å²) >= 11 is 0. The fourth-order valence-corrected chi connectivity index (χ4v) is 5.90. The topological polar surface area (TPSA) is 76.2 Å². The van der Waals surface area contributed by atoms with Crippen LogP contribution in [-0.2, 0) is 9.84 Å². The molecule has 2 heterocycles. The summed E-state index contributed by atoms with van der Waals surface area (Å²) in [5, 5.41) is 0. The van der Waals surface area contributed by atoms with E-state index in [0.717, 1.165) is 0 Å². The number of para-hydroxylation sites is 2. The zero-order valence-electron chi connectivity index (χ0n) is 15.7. The number of sulfone groups is 1. The molecule has 0 bridgehead atoms.